The molecule has 3 aromatic rings. The summed E-state index contributed by atoms with van der Waals surface area (Å²) >= 11 is 1.53. The lowest BCUT2D eigenvalue weighted by Crippen LogP contribution is -2.30. The SMILES string of the molecule is CCOC(=O)CN(Cc1ccc(F)cc1)Cc1csc(-c2ccccc2OC)n1. The first-order chi connectivity index (χ1) is 14.1. The number of benzene rings is 2. The van der Waals surface area contributed by atoms with Crippen LogP contribution in [-0.4, -0.2) is 36.1 Å². The predicted octanol–water partition coefficient (Wildman–Crippen LogP) is 4.52. The summed E-state index contributed by atoms with van der Waals surface area (Å²) in [7, 11) is 1.64. The van der Waals surface area contributed by atoms with Crippen LogP contribution in [0.1, 0.15) is 18.2 Å². The highest BCUT2D eigenvalue weighted by Gasteiger charge is 2.16. The fraction of sp³-hybridized carbons (Fsp3) is 0.273. The van der Waals surface area contributed by atoms with Gasteiger partial charge in [-0.3, -0.25) is 9.69 Å². The largest absolute Gasteiger partial charge is 0.496 e. The van der Waals surface area contributed by atoms with Crippen molar-refractivity contribution in [2.24, 2.45) is 0 Å². The third kappa shape index (κ3) is 5.85. The number of rotatable bonds is 9. The van der Waals surface area contributed by atoms with Crippen molar-refractivity contribution in [3.63, 3.8) is 0 Å². The molecule has 0 unspecified atom stereocenters. The van der Waals surface area contributed by atoms with E-state index in [1.165, 1.54) is 23.5 Å². The molecule has 0 amide bonds. The van der Waals surface area contributed by atoms with Gasteiger partial charge in [0.25, 0.3) is 0 Å². The monoisotopic (exact) mass is 414 g/mol. The van der Waals surface area contributed by atoms with E-state index in [-0.39, 0.29) is 18.3 Å². The number of carbonyl (C=O) groups excluding carboxylic acids is 1. The summed E-state index contributed by atoms with van der Waals surface area (Å²) in [5, 5.41) is 2.83. The standard InChI is InChI=1S/C22H23FN2O3S/c1-3-28-21(26)14-25(12-16-8-10-17(23)11-9-16)13-18-15-29-22(24-18)19-6-4-5-7-20(19)27-2/h4-11,15H,3,12-14H2,1-2H3. The molecule has 0 atom stereocenters. The molecule has 2 aromatic carbocycles. The molecule has 0 saturated carbocycles. The summed E-state index contributed by atoms with van der Waals surface area (Å²) in [5.74, 6) is 0.185. The van der Waals surface area contributed by atoms with E-state index in [0.29, 0.717) is 19.7 Å². The van der Waals surface area contributed by atoms with E-state index in [1.54, 1.807) is 26.2 Å². The van der Waals surface area contributed by atoms with Crippen molar-refractivity contribution in [1.82, 2.24) is 9.88 Å². The summed E-state index contributed by atoms with van der Waals surface area (Å²) in [6, 6.07) is 14.0. The molecule has 0 saturated heterocycles. The molecular weight excluding hydrogens is 391 g/mol. The van der Waals surface area contributed by atoms with Crippen molar-refractivity contribution in [3.05, 3.63) is 71.0 Å². The fourth-order valence-corrected chi connectivity index (χ4v) is 3.80. The first kappa shape index (κ1) is 21.0. The van der Waals surface area contributed by atoms with Gasteiger partial charge in [-0.2, -0.15) is 0 Å². The fourth-order valence-electron chi connectivity index (χ4n) is 2.96. The molecule has 1 heterocycles. The molecule has 0 aliphatic rings. The number of hydrogen-bond acceptors (Lipinski definition) is 6. The molecule has 0 spiro atoms. The van der Waals surface area contributed by atoms with E-state index in [1.807, 2.05) is 34.5 Å². The minimum atomic E-state index is -0.296. The number of carbonyl (C=O) groups is 1. The lowest BCUT2D eigenvalue weighted by molar-refractivity contribution is -0.144. The number of ether oxygens (including phenoxy) is 2. The lowest BCUT2D eigenvalue weighted by atomic mass is 10.2. The molecule has 0 fully saturated rings. The molecule has 0 aliphatic carbocycles. The van der Waals surface area contributed by atoms with Gasteiger partial charge in [0.1, 0.15) is 16.6 Å². The van der Waals surface area contributed by atoms with Gasteiger partial charge >= 0.3 is 5.97 Å². The van der Waals surface area contributed by atoms with Crippen LogP contribution in [0.3, 0.4) is 0 Å². The number of hydrogen-bond donors (Lipinski definition) is 0. The number of thiazole rings is 1. The minimum Gasteiger partial charge on any atom is -0.496 e. The normalized spacial score (nSPS) is 10.9. The van der Waals surface area contributed by atoms with Crippen molar-refractivity contribution in [3.8, 4) is 16.3 Å². The lowest BCUT2D eigenvalue weighted by Gasteiger charge is -2.20. The molecule has 152 valence electrons. The van der Waals surface area contributed by atoms with Crippen LogP contribution in [0.4, 0.5) is 4.39 Å². The second-order valence-corrected chi connectivity index (χ2v) is 7.28. The molecule has 0 bridgehead atoms. The Balaban J connectivity index is 1.77. The van der Waals surface area contributed by atoms with Crippen molar-refractivity contribution in [2.45, 2.75) is 20.0 Å². The molecule has 3 rings (SSSR count). The van der Waals surface area contributed by atoms with Gasteiger partial charge in [0, 0.05) is 18.5 Å². The number of halogens is 1. The Morgan fingerprint density at radius 2 is 1.90 bits per heavy atom. The van der Waals surface area contributed by atoms with E-state index in [4.69, 9.17) is 14.5 Å². The first-order valence-corrected chi connectivity index (χ1v) is 10.2. The maximum absolute atomic E-state index is 13.2. The van der Waals surface area contributed by atoms with Gasteiger partial charge in [0.05, 0.1) is 31.5 Å². The van der Waals surface area contributed by atoms with Gasteiger partial charge in [0.2, 0.25) is 0 Å². The topological polar surface area (TPSA) is 51.7 Å². The Kier molecular flexibility index (Phi) is 7.32. The molecule has 5 nitrogen and oxygen atoms in total. The van der Waals surface area contributed by atoms with Gasteiger partial charge in [-0.25, -0.2) is 9.37 Å². The van der Waals surface area contributed by atoms with E-state index >= 15 is 0 Å². The highest BCUT2D eigenvalue weighted by atomic mass is 32.1. The summed E-state index contributed by atoms with van der Waals surface area (Å²) in [6.07, 6.45) is 0. The van der Waals surface area contributed by atoms with Gasteiger partial charge < -0.3 is 9.47 Å². The van der Waals surface area contributed by atoms with Crippen molar-refractivity contribution < 1.29 is 18.7 Å². The zero-order valence-corrected chi connectivity index (χ0v) is 17.2. The van der Waals surface area contributed by atoms with Crippen LogP contribution in [-0.2, 0) is 22.6 Å². The van der Waals surface area contributed by atoms with Crippen LogP contribution in [0.2, 0.25) is 0 Å². The quantitative estimate of drug-likeness (QED) is 0.482. The zero-order valence-electron chi connectivity index (χ0n) is 16.4. The van der Waals surface area contributed by atoms with Gasteiger partial charge in [-0.15, -0.1) is 11.3 Å². The number of aromatic nitrogens is 1. The van der Waals surface area contributed by atoms with E-state index in [0.717, 1.165) is 27.6 Å². The number of para-hydroxylation sites is 1. The maximum Gasteiger partial charge on any atom is 0.320 e. The Bertz CT molecular complexity index is 943. The van der Waals surface area contributed by atoms with E-state index in [9.17, 15) is 9.18 Å². The number of nitrogens with zero attached hydrogens (tertiary/aromatic N) is 2. The van der Waals surface area contributed by atoms with Gasteiger partial charge in [0.15, 0.2) is 0 Å². The zero-order chi connectivity index (χ0) is 20.6. The Labute approximate surface area is 173 Å². The predicted molar refractivity (Wildman–Crippen MR) is 111 cm³/mol. The second kappa shape index (κ2) is 10.1. The third-order valence-corrected chi connectivity index (χ3v) is 5.18. The van der Waals surface area contributed by atoms with Crippen LogP contribution in [0.5, 0.6) is 5.75 Å². The summed E-state index contributed by atoms with van der Waals surface area (Å²) in [5.41, 5.74) is 2.69. The molecule has 1 aromatic heterocycles. The van der Waals surface area contributed by atoms with Gasteiger partial charge in [-0.1, -0.05) is 24.3 Å². The van der Waals surface area contributed by atoms with Crippen LogP contribution in [0.25, 0.3) is 10.6 Å². The Morgan fingerprint density at radius 3 is 2.62 bits per heavy atom. The van der Waals surface area contributed by atoms with E-state index in [2.05, 4.69) is 0 Å². The average molecular weight is 415 g/mol. The smallest absolute Gasteiger partial charge is 0.320 e. The Morgan fingerprint density at radius 1 is 1.14 bits per heavy atom. The van der Waals surface area contributed by atoms with Crippen LogP contribution in [0, 0.1) is 5.82 Å². The Hall–Kier alpha value is -2.77. The summed E-state index contributed by atoms with van der Waals surface area (Å²) in [4.78, 5) is 18.7. The molecule has 0 N–H and O–H groups in total. The summed E-state index contributed by atoms with van der Waals surface area (Å²) in [6.45, 7) is 3.20. The van der Waals surface area contributed by atoms with Crippen LogP contribution < -0.4 is 4.74 Å². The third-order valence-electron chi connectivity index (χ3n) is 4.25. The van der Waals surface area contributed by atoms with Crippen molar-refractivity contribution in [2.75, 3.05) is 20.3 Å². The number of methoxy groups -OCH3 is 1. The van der Waals surface area contributed by atoms with E-state index < -0.39 is 0 Å². The molecular formula is C22H23FN2O3S. The highest BCUT2D eigenvalue weighted by Crippen LogP contribution is 2.32. The molecule has 29 heavy (non-hydrogen) atoms. The van der Waals surface area contributed by atoms with Crippen molar-refractivity contribution >= 4 is 17.3 Å². The average Bonchev–Trinajstić information content (AvgIpc) is 3.18. The molecule has 0 radical (unpaired) electrons. The van der Waals surface area contributed by atoms with Crippen LogP contribution in [0.15, 0.2) is 53.9 Å². The summed E-state index contributed by atoms with van der Waals surface area (Å²) < 4.78 is 23.7. The van der Waals surface area contributed by atoms with Gasteiger partial charge in [-0.05, 0) is 36.8 Å². The maximum atomic E-state index is 13.2. The van der Waals surface area contributed by atoms with Crippen molar-refractivity contribution in [1.29, 1.82) is 0 Å². The highest BCUT2D eigenvalue weighted by molar-refractivity contribution is 7.13. The second-order valence-electron chi connectivity index (χ2n) is 6.42. The first-order valence-electron chi connectivity index (χ1n) is 9.29. The van der Waals surface area contributed by atoms with Crippen LogP contribution >= 0.6 is 11.3 Å². The molecule has 0 aliphatic heterocycles. The minimum absolute atomic E-state index is 0.132. The number of esters is 1. The molecule has 7 heteroatoms.